The van der Waals surface area contributed by atoms with E-state index >= 15 is 0 Å². The van der Waals surface area contributed by atoms with Crippen LogP contribution < -0.4 is 10.5 Å². The molecule has 0 bridgehead atoms. The minimum atomic E-state index is -0.857. The van der Waals surface area contributed by atoms with E-state index in [1.54, 1.807) is 4.90 Å². The van der Waals surface area contributed by atoms with E-state index in [2.05, 4.69) is 35.7 Å². The van der Waals surface area contributed by atoms with Crippen molar-refractivity contribution in [2.45, 2.75) is 53.1 Å². The van der Waals surface area contributed by atoms with Gasteiger partial charge >= 0.3 is 6.09 Å². The van der Waals surface area contributed by atoms with E-state index in [0.29, 0.717) is 37.0 Å². The zero-order valence-electron chi connectivity index (χ0n) is 21.7. The lowest BCUT2D eigenvalue weighted by Crippen LogP contribution is -2.52. The van der Waals surface area contributed by atoms with Crippen molar-refractivity contribution in [2.75, 3.05) is 18.9 Å². The van der Waals surface area contributed by atoms with E-state index in [1.807, 2.05) is 41.9 Å². The van der Waals surface area contributed by atoms with Gasteiger partial charge in [-0.05, 0) is 49.3 Å². The van der Waals surface area contributed by atoms with Crippen LogP contribution in [0.3, 0.4) is 0 Å². The SMILES string of the molecule is CCOc1ccc2cc(-c3nn(CC4CCN(C(=O)O)C(C(C)(C)C)C4)c4ncnc(N)c34)ccc2n1. The summed E-state index contributed by atoms with van der Waals surface area (Å²) in [4.78, 5) is 26.8. The van der Waals surface area contributed by atoms with Gasteiger partial charge in [-0.15, -0.1) is 0 Å². The maximum Gasteiger partial charge on any atom is 0.407 e. The Balaban J connectivity index is 1.50. The number of nitrogens with zero attached hydrogens (tertiary/aromatic N) is 6. The number of piperidine rings is 1. The molecule has 0 spiro atoms. The molecule has 194 valence electrons. The second kappa shape index (κ2) is 9.49. The number of carboxylic acid groups (broad SMARTS) is 1. The average molecular weight is 504 g/mol. The molecule has 1 aromatic carbocycles. The van der Waals surface area contributed by atoms with Crippen LogP contribution in [-0.2, 0) is 6.54 Å². The van der Waals surface area contributed by atoms with Gasteiger partial charge in [-0.25, -0.2) is 24.4 Å². The molecule has 1 aliphatic heterocycles. The molecule has 2 atom stereocenters. The standard InChI is InChI=1S/C27H33N7O3/c1-5-37-21-9-7-17-13-18(6-8-19(17)31-21)23-22-24(28)29-15-30-25(22)34(32-23)14-16-10-11-33(26(35)36)20(12-16)27(2,3)4/h6-9,13,15-16,20H,5,10-12,14H2,1-4H3,(H,35,36)(H2,28,29,30). The molecule has 2 unspecified atom stereocenters. The molecule has 0 radical (unpaired) electrons. The van der Waals surface area contributed by atoms with Gasteiger partial charge in [0.25, 0.3) is 0 Å². The van der Waals surface area contributed by atoms with Gasteiger partial charge in [-0.3, -0.25) is 0 Å². The number of aromatic nitrogens is 5. The third-order valence-corrected chi connectivity index (χ3v) is 7.18. The number of benzene rings is 1. The molecule has 1 saturated heterocycles. The summed E-state index contributed by atoms with van der Waals surface area (Å²) in [7, 11) is 0. The van der Waals surface area contributed by atoms with Crippen molar-refractivity contribution in [2.24, 2.45) is 11.3 Å². The Bertz CT molecular complexity index is 1460. The minimum absolute atomic E-state index is 0.0701. The van der Waals surface area contributed by atoms with E-state index in [4.69, 9.17) is 15.6 Å². The number of amides is 1. The summed E-state index contributed by atoms with van der Waals surface area (Å²) in [5, 5.41) is 16.4. The van der Waals surface area contributed by atoms with Crippen LogP contribution in [0.25, 0.3) is 33.2 Å². The number of likely N-dealkylation sites (tertiary alicyclic amines) is 1. The van der Waals surface area contributed by atoms with Crippen LogP contribution in [0, 0.1) is 11.3 Å². The smallest absolute Gasteiger partial charge is 0.407 e. The first-order valence-corrected chi connectivity index (χ1v) is 12.7. The first kappa shape index (κ1) is 24.7. The van der Waals surface area contributed by atoms with Crippen LogP contribution in [0.2, 0.25) is 0 Å². The van der Waals surface area contributed by atoms with Gasteiger partial charge in [0.2, 0.25) is 5.88 Å². The topological polar surface area (TPSA) is 132 Å². The van der Waals surface area contributed by atoms with Crippen molar-refractivity contribution < 1.29 is 14.6 Å². The van der Waals surface area contributed by atoms with Crippen LogP contribution in [-0.4, -0.2) is 60.0 Å². The van der Waals surface area contributed by atoms with Crippen molar-refractivity contribution in [1.29, 1.82) is 0 Å². The number of pyridine rings is 1. The molecule has 4 heterocycles. The highest BCUT2D eigenvalue weighted by molar-refractivity contribution is 5.99. The molecular formula is C27H33N7O3. The number of ether oxygens (including phenoxy) is 1. The fraction of sp³-hybridized carbons (Fsp3) is 0.444. The number of fused-ring (bicyclic) bond motifs is 2. The summed E-state index contributed by atoms with van der Waals surface area (Å²) in [5.41, 5.74) is 9.30. The quantitative estimate of drug-likeness (QED) is 0.396. The molecule has 4 aromatic rings. The summed E-state index contributed by atoms with van der Waals surface area (Å²) in [5.74, 6) is 1.23. The minimum Gasteiger partial charge on any atom is -0.478 e. The molecule has 3 N–H and O–H groups in total. The van der Waals surface area contributed by atoms with Crippen molar-refractivity contribution in [3.63, 3.8) is 0 Å². The lowest BCUT2D eigenvalue weighted by molar-refractivity contribution is 0.0369. The highest BCUT2D eigenvalue weighted by Crippen LogP contribution is 2.37. The van der Waals surface area contributed by atoms with Crippen LogP contribution in [0.1, 0.15) is 40.5 Å². The zero-order valence-corrected chi connectivity index (χ0v) is 21.7. The van der Waals surface area contributed by atoms with E-state index < -0.39 is 6.09 Å². The average Bonchev–Trinajstić information content (AvgIpc) is 3.23. The molecule has 1 amide bonds. The maximum atomic E-state index is 11.9. The van der Waals surface area contributed by atoms with E-state index in [1.165, 1.54) is 6.33 Å². The van der Waals surface area contributed by atoms with Gasteiger partial charge in [0, 0.05) is 36.1 Å². The molecule has 5 rings (SSSR count). The van der Waals surface area contributed by atoms with Crippen molar-refractivity contribution in [3.05, 3.63) is 36.7 Å². The summed E-state index contributed by atoms with van der Waals surface area (Å²) in [6.45, 7) is 9.91. The normalized spacial score (nSPS) is 18.4. The van der Waals surface area contributed by atoms with Crippen molar-refractivity contribution >= 4 is 33.8 Å². The number of rotatable bonds is 5. The Morgan fingerprint density at radius 1 is 1.22 bits per heavy atom. The summed E-state index contributed by atoms with van der Waals surface area (Å²) in [6.07, 6.45) is 2.13. The van der Waals surface area contributed by atoms with Crippen molar-refractivity contribution in [1.82, 2.24) is 29.6 Å². The van der Waals surface area contributed by atoms with Gasteiger partial charge < -0.3 is 20.5 Å². The van der Waals surface area contributed by atoms with Crippen LogP contribution in [0.5, 0.6) is 5.88 Å². The Morgan fingerprint density at radius 2 is 2.03 bits per heavy atom. The Morgan fingerprint density at radius 3 is 2.76 bits per heavy atom. The van der Waals surface area contributed by atoms with Crippen molar-refractivity contribution in [3.8, 4) is 17.1 Å². The summed E-state index contributed by atoms with van der Waals surface area (Å²) >= 11 is 0. The Hall–Kier alpha value is -3.95. The molecular weight excluding hydrogens is 470 g/mol. The highest BCUT2D eigenvalue weighted by Gasteiger charge is 2.39. The van der Waals surface area contributed by atoms with Crippen LogP contribution >= 0.6 is 0 Å². The lowest BCUT2D eigenvalue weighted by atomic mass is 9.77. The van der Waals surface area contributed by atoms with Gasteiger partial charge in [0.1, 0.15) is 17.8 Å². The molecule has 10 heteroatoms. The summed E-state index contributed by atoms with van der Waals surface area (Å²) in [6, 6.07) is 9.74. The molecule has 0 saturated carbocycles. The fourth-order valence-corrected chi connectivity index (χ4v) is 5.34. The molecule has 1 fully saturated rings. The highest BCUT2D eigenvalue weighted by atomic mass is 16.5. The molecule has 10 nitrogen and oxygen atoms in total. The molecule has 3 aromatic heterocycles. The third-order valence-electron chi connectivity index (χ3n) is 7.18. The predicted octanol–water partition coefficient (Wildman–Crippen LogP) is 4.83. The Kier molecular flexibility index (Phi) is 6.35. The molecule has 1 aliphatic rings. The first-order valence-electron chi connectivity index (χ1n) is 12.7. The van der Waals surface area contributed by atoms with Crippen LogP contribution in [0.4, 0.5) is 10.6 Å². The molecule has 37 heavy (non-hydrogen) atoms. The second-order valence-corrected chi connectivity index (χ2v) is 10.7. The number of nitrogens with two attached hydrogens (primary N) is 1. The first-order chi connectivity index (χ1) is 17.7. The number of anilines is 1. The van der Waals surface area contributed by atoms with E-state index in [0.717, 1.165) is 40.4 Å². The van der Waals surface area contributed by atoms with Gasteiger partial charge in [0.15, 0.2) is 5.65 Å². The largest absolute Gasteiger partial charge is 0.478 e. The number of carbonyl (C=O) groups is 1. The maximum absolute atomic E-state index is 11.9. The fourth-order valence-electron chi connectivity index (χ4n) is 5.34. The Labute approximate surface area is 215 Å². The van der Waals surface area contributed by atoms with E-state index in [-0.39, 0.29) is 17.4 Å². The lowest BCUT2D eigenvalue weighted by Gasteiger charge is -2.44. The van der Waals surface area contributed by atoms with E-state index in [9.17, 15) is 9.90 Å². The van der Waals surface area contributed by atoms with Crippen LogP contribution in [0.15, 0.2) is 36.7 Å². The van der Waals surface area contributed by atoms with Gasteiger partial charge in [0.05, 0.1) is 17.5 Å². The number of hydrogen-bond acceptors (Lipinski definition) is 7. The number of hydrogen-bond donors (Lipinski definition) is 2. The molecule has 0 aliphatic carbocycles. The second-order valence-electron chi connectivity index (χ2n) is 10.7. The third kappa shape index (κ3) is 4.75. The zero-order chi connectivity index (χ0) is 26.3. The predicted molar refractivity (Wildman–Crippen MR) is 142 cm³/mol. The van der Waals surface area contributed by atoms with Gasteiger partial charge in [-0.1, -0.05) is 26.8 Å². The van der Waals surface area contributed by atoms with Gasteiger partial charge in [-0.2, -0.15) is 5.10 Å². The monoisotopic (exact) mass is 503 g/mol. The summed E-state index contributed by atoms with van der Waals surface area (Å²) < 4.78 is 7.44. The number of nitrogen functional groups attached to an aromatic ring is 1.